The summed E-state index contributed by atoms with van der Waals surface area (Å²) in [5, 5.41) is 13.4. The topological polar surface area (TPSA) is 108 Å². The number of hydrogen-bond acceptors (Lipinski definition) is 4. The van der Waals surface area contributed by atoms with Crippen molar-refractivity contribution in [2.45, 2.75) is 19.8 Å². The molecule has 0 bridgehead atoms. The molecule has 2 aromatic carbocycles. The van der Waals surface area contributed by atoms with Crippen LogP contribution in [0.15, 0.2) is 59.2 Å². The molecule has 0 saturated carbocycles. The number of rotatable bonds is 7. The zero-order valence-electron chi connectivity index (χ0n) is 16.3. The van der Waals surface area contributed by atoms with E-state index in [0.29, 0.717) is 18.5 Å². The molecular weight excluding hydrogens is 369 g/mol. The minimum Gasteiger partial charge on any atom is -0.382 e. The van der Waals surface area contributed by atoms with Gasteiger partial charge in [-0.25, -0.2) is 9.38 Å². The number of para-hydroxylation sites is 1. The Kier molecular flexibility index (Phi) is 6.51. The zero-order valence-corrected chi connectivity index (χ0v) is 16.3. The van der Waals surface area contributed by atoms with Crippen LogP contribution < -0.4 is 16.4 Å². The Morgan fingerprint density at radius 2 is 1.93 bits per heavy atom. The Morgan fingerprint density at radius 3 is 2.66 bits per heavy atom. The number of halogens is 1. The lowest BCUT2D eigenvalue weighted by Crippen LogP contribution is -2.82. The Labute approximate surface area is 169 Å². The molecule has 7 heteroatoms. The van der Waals surface area contributed by atoms with E-state index in [1.54, 1.807) is 0 Å². The van der Waals surface area contributed by atoms with E-state index in [0.717, 1.165) is 35.5 Å². The molecular formula is C22H25FN5O+. The van der Waals surface area contributed by atoms with Gasteiger partial charge in [-0.3, -0.25) is 10.2 Å². The molecule has 0 spiro atoms. The van der Waals surface area contributed by atoms with Gasteiger partial charge in [0.1, 0.15) is 23.1 Å². The van der Waals surface area contributed by atoms with Crippen LogP contribution >= 0.6 is 0 Å². The fourth-order valence-electron chi connectivity index (χ4n) is 3.23. The highest BCUT2D eigenvalue weighted by molar-refractivity contribution is 6.57. The van der Waals surface area contributed by atoms with E-state index in [1.165, 1.54) is 24.3 Å². The first-order valence-corrected chi connectivity index (χ1v) is 9.64. The average Bonchev–Trinajstić information content (AvgIpc) is 2.72. The summed E-state index contributed by atoms with van der Waals surface area (Å²) in [5.41, 5.74) is 9.94. The Bertz CT molecular complexity index is 979. The number of amidine groups is 1. The smallest absolute Gasteiger partial charge is 0.251 e. The van der Waals surface area contributed by atoms with Crippen molar-refractivity contribution in [3.63, 3.8) is 0 Å². The molecule has 6 nitrogen and oxygen atoms in total. The van der Waals surface area contributed by atoms with Crippen molar-refractivity contribution in [1.82, 2.24) is 5.32 Å². The molecule has 150 valence electrons. The Hall–Kier alpha value is -3.32. The number of nitrogens with zero attached hydrogens (tertiary/aromatic N) is 1. The lowest BCUT2D eigenvalue weighted by molar-refractivity contribution is -0.607. The van der Waals surface area contributed by atoms with Gasteiger partial charge in [0.25, 0.3) is 5.91 Å². The van der Waals surface area contributed by atoms with Gasteiger partial charge in [-0.15, -0.1) is 0 Å². The van der Waals surface area contributed by atoms with Crippen molar-refractivity contribution < 1.29 is 14.5 Å². The third kappa shape index (κ3) is 4.75. The zero-order chi connectivity index (χ0) is 20.8. The highest BCUT2D eigenvalue weighted by Crippen LogP contribution is 2.32. The summed E-state index contributed by atoms with van der Waals surface area (Å²) in [6.07, 6.45) is 1.52. The maximum Gasteiger partial charge on any atom is 0.251 e. The minimum atomic E-state index is -0.378. The number of hydrogen-bond donors (Lipinski definition) is 4. The molecule has 2 aromatic rings. The van der Waals surface area contributed by atoms with Crippen LogP contribution in [0.1, 0.15) is 35.7 Å². The number of benzene rings is 2. The van der Waals surface area contributed by atoms with Gasteiger partial charge in [0, 0.05) is 24.1 Å². The van der Waals surface area contributed by atoms with E-state index in [4.69, 9.17) is 11.1 Å². The van der Waals surface area contributed by atoms with Crippen molar-refractivity contribution in [1.29, 1.82) is 5.41 Å². The number of aliphatic imine (C=N–C) groups is 1. The molecule has 1 aliphatic heterocycles. The summed E-state index contributed by atoms with van der Waals surface area (Å²) in [6, 6.07) is 13.1. The second kappa shape index (κ2) is 9.25. The van der Waals surface area contributed by atoms with Crippen LogP contribution in [-0.4, -0.2) is 30.5 Å². The third-order valence-electron chi connectivity index (χ3n) is 4.71. The van der Waals surface area contributed by atoms with Gasteiger partial charge in [0.2, 0.25) is 0 Å². The monoisotopic (exact) mass is 394 g/mol. The summed E-state index contributed by atoms with van der Waals surface area (Å²) in [5.74, 6) is -0.446. The molecule has 0 atom stereocenters. The normalized spacial score (nSPS) is 14.8. The van der Waals surface area contributed by atoms with Crippen LogP contribution in [-0.2, 0) is 0 Å². The van der Waals surface area contributed by atoms with Crippen molar-refractivity contribution in [2.24, 2.45) is 10.7 Å². The third-order valence-corrected chi connectivity index (χ3v) is 4.71. The number of carbonyl (C=O) groups is 1. The van der Waals surface area contributed by atoms with Crippen LogP contribution in [0.4, 0.5) is 10.1 Å². The number of fused-ring (bicyclic) bond motifs is 1. The van der Waals surface area contributed by atoms with Crippen molar-refractivity contribution >= 4 is 28.7 Å². The molecule has 29 heavy (non-hydrogen) atoms. The van der Waals surface area contributed by atoms with Gasteiger partial charge < -0.3 is 16.4 Å². The van der Waals surface area contributed by atoms with Gasteiger partial charge >= 0.3 is 0 Å². The van der Waals surface area contributed by atoms with E-state index in [1.807, 2.05) is 24.3 Å². The van der Waals surface area contributed by atoms with Crippen LogP contribution in [0.25, 0.3) is 5.57 Å². The molecule has 1 heterocycles. The molecule has 0 fully saturated rings. The van der Waals surface area contributed by atoms with E-state index < -0.39 is 0 Å². The number of amides is 1. The first-order chi connectivity index (χ1) is 14.0. The number of nitrogens with two attached hydrogens (primary N) is 2. The molecule has 0 radical (unpaired) electrons. The Morgan fingerprint density at radius 1 is 1.21 bits per heavy atom. The highest BCUT2D eigenvalue weighted by atomic mass is 19.1. The number of carbonyl (C=O) groups excluding carboxylic acids is 1. The lowest BCUT2D eigenvalue weighted by atomic mass is 9.93. The van der Waals surface area contributed by atoms with Crippen molar-refractivity contribution in [3.8, 4) is 0 Å². The molecule has 3 rings (SSSR count). The van der Waals surface area contributed by atoms with Crippen LogP contribution in [0, 0.1) is 11.2 Å². The van der Waals surface area contributed by atoms with Gasteiger partial charge in [-0.05, 0) is 36.8 Å². The molecule has 0 saturated heterocycles. The maximum atomic E-state index is 13.0. The first-order valence-electron chi connectivity index (χ1n) is 9.64. The van der Waals surface area contributed by atoms with E-state index in [9.17, 15) is 9.18 Å². The molecule has 1 amide bonds. The summed E-state index contributed by atoms with van der Waals surface area (Å²) < 4.78 is 13.0. The van der Waals surface area contributed by atoms with Gasteiger partial charge in [-0.1, -0.05) is 25.1 Å². The molecule has 1 aliphatic rings. The molecule has 0 unspecified atom stereocenters. The van der Waals surface area contributed by atoms with E-state index in [-0.39, 0.29) is 23.3 Å². The maximum absolute atomic E-state index is 13.0. The standard InChI is InChI=1S/C22H24FN5O/c1-2-12-26-18(11-13-27-22(29)14-7-9-15(23)10-8-14)19-16-5-3-4-6-17(16)28-21(25)20(19)24/h3-10,24,26H,2,11-13H2,1H3,(H2,25,28)(H,27,29)/p+1/b19-18-,24-20?. The minimum absolute atomic E-state index is 0.191. The molecule has 6 N–H and O–H groups in total. The van der Waals surface area contributed by atoms with Crippen molar-refractivity contribution in [2.75, 3.05) is 13.1 Å². The predicted octanol–water partition coefficient (Wildman–Crippen LogP) is 2.35. The number of quaternary nitrogens is 1. The van der Waals surface area contributed by atoms with E-state index >= 15 is 0 Å². The van der Waals surface area contributed by atoms with Crippen LogP contribution in [0.2, 0.25) is 0 Å². The van der Waals surface area contributed by atoms with Crippen molar-refractivity contribution in [3.05, 3.63) is 71.2 Å². The van der Waals surface area contributed by atoms with Gasteiger partial charge in [-0.2, -0.15) is 0 Å². The molecule has 0 aromatic heterocycles. The highest BCUT2D eigenvalue weighted by Gasteiger charge is 2.26. The van der Waals surface area contributed by atoms with E-state index in [2.05, 4.69) is 22.5 Å². The average molecular weight is 394 g/mol. The quantitative estimate of drug-likeness (QED) is 0.578. The van der Waals surface area contributed by atoms with Gasteiger partial charge in [0.05, 0.1) is 17.8 Å². The van der Waals surface area contributed by atoms with Gasteiger partial charge in [0.15, 0.2) is 0 Å². The summed E-state index contributed by atoms with van der Waals surface area (Å²) in [4.78, 5) is 16.6. The summed E-state index contributed by atoms with van der Waals surface area (Å²) in [6.45, 7) is 3.34. The molecule has 0 aliphatic carbocycles. The fraction of sp³-hybridized carbons (Fsp3) is 0.227. The second-order valence-corrected chi connectivity index (χ2v) is 6.80. The largest absolute Gasteiger partial charge is 0.382 e. The second-order valence-electron chi connectivity index (χ2n) is 6.80. The fourth-order valence-corrected chi connectivity index (χ4v) is 3.23. The number of nitrogens with one attached hydrogen (secondary N) is 2. The van der Waals surface area contributed by atoms with Crippen LogP contribution in [0.5, 0.6) is 0 Å². The SMILES string of the molecule is CCC[NH2+]/C(CCNC(=O)c1ccc(F)cc1)=C1\C(=N)C(N)=Nc2ccccc21. The van der Waals surface area contributed by atoms with Crippen LogP contribution in [0.3, 0.4) is 0 Å². The first kappa shape index (κ1) is 20.4. The summed E-state index contributed by atoms with van der Waals surface area (Å²) >= 11 is 0. The predicted molar refractivity (Wildman–Crippen MR) is 113 cm³/mol. The Balaban J connectivity index is 1.82. The summed E-state index contributed by atoms with van der Waals surface area (Å²) in [7, 11) is 0. The lowest BCUT2D eigenvalue weighted by Gasteiger charge is -2.20.